The second-order valence-electron chi connectivity index (χ2n) is 4.79. The molecule has 0 amide bonds. The van der Waals surface area contributed by atoms with Gasteiger partial charge >= 0.3 is 0 Å². The molecule has 1 saturated carbocycles. The van der Waals surface area contributed by atoms with Crippen LogP contribution in [0.4, 0.5) is 11.4 Å². The number of benzene rings is 1. The first-order valence-electron chi connectivity index (χ1n) is 5.95. The number of nitrogens with two attached hydrogens (primary N) is 1. The van der Waals surface area contributed by atoms with E-state index < -0.39 is 0 Å². The number of nitrogen functional groups attached to an aromatic ring is 1. The minimum absolute atomic E-state index is 0.713. The summed E-state index contributed by atoms with van der Waals surface area (Å²) in [5.74, 6) is 1.62. The highest BCUT2D eigenvalue weighted by Crippen LogP contribution is 2.32. The Labute approximate surface area is 102 Å². The van der Waals surface area contributed by atoms with Crippen LogP contribution in [0.1, 0.15) is 26.2 Å². The summed E-state index contributed by atoms with van der Waals surface area (Å²) in [6, 6.07) is 5.63. The van der Waals surface area contributed by atoms with Crippen molar-refractivity contribution in [3.05, 3.63) is 23.2 Å². The molecule has 0 aliphatic heterocycles. The number of anilines is 2. The van der Waals surface area contributed by atoms with Crippen molar-refractivity contribution in [3.8, 4) is 0 Å². The first-order chi connectivity index (χ1) is 7.66. The zero-order valence-electron chi connectivity index (χ0n) is 9.67. The molecular weight excluding hydrogens is 220 g/mol. The molecule has 1 aliphatic carbocycles. The molecule has 3 N–H and O–H groups in total. The smallest absolute Gasteiger partial charge is 0.0657 e. The normalized spacial score (nSPS) is 24.6. The van der Waals surface area contributed by atoms with Gasteiger partial charge in [0.2, 0.25) is 0 Å². The molecule has 0 radical (unpaired) electrons. The quantitative estimate of drug-likeness (QED) is 0.787. The Morgan fingerprint density at radius 2 is 2.25 bits per heavy atom. The van der Waals surface area contributed by atoms with Crippen molar-refractivity contribution in [1.29, 1.82) is 0 Å². The van der Waals surface area contributed by atoms with Crippen molar-refractivity contribution in [1.82, 2.24) is 0 Å². The van der Waals surface area contributed by atoms with Gasteiger partial charge in [-0.15, -0.1) is 0 Å². The summed E-state index contributed by atoms with van der Waals surface area (Å²) in [4.78, 5) is 0. The molecule has 1 aromatic rings. The van der Waals surface area contributed by atoms with Gasteiger partial charge < -0.3 is 11.1 Å². The average molecular weight is 239 g/mol. The van der Waals surface area contributed by atoms with Gasteiger partial charge in [0.1, 0.15) is 0 Å². The monoisotopic (exact) mass is 238 g/mol. The van der Waals surface area contributed by atoms with E-state index in [-0.39, 0.29) is 0 Å². The van der Waals surface area contributed by atoms with Crippen LogP contribution >= 0.6 is 11.6 Å². The van der Waals surface area contributed by atoms with Crippen molar-refractivity contribution in [2.45, 2.75) is 26.2 Å². The van der Waals surface area contributed by atoms with Gasteiger partial charge in [-0.2, -0.15) is 0 Å². The molecule has 16 heavy (non-hydrogen) atoms. The molecule has 1 fully saturated rings. The highest BCUT2D eigenvalue weighted by molar-refractivity contribution is 6.33. The minimum atomic E-state index is 0.713. The van der Waals surface area contributed by atoms with Crippen LogP contribution in [0.5, 0.6) is 0 Å². The van der Waals surface area contributed by atoms with Crippen LogP contribution in [0.2, 0.25) is 5.02 Å². The average Bonchev–Trinajstić information content (AvgIpc) is 2.63. The van der Waals surface area contributed by atoms with Crippen LogP contribution < -0.4 is 11.1 Å². The van der Waals surface area contributed by atoms with Gasteiger partial charge in [0.05, 0.1) is 10.7 Å². The van der Waals surface area contributed by atoms with Crippen molar-refractivity contribution < 1.29 is 0 Å². The number of rotatable bonds is 3. The van der Waals surface area contributed by atoms with Gasteiger partial charge in [-0.3, -0.25) is 0 Å². The molecule has 2 unspecified atom stereocenters. The Balaban J connectivity index is 1.94. The van der Waals surface area contributed by atoms with E-state index in [1.54, 1.807) is 6.07 Å². The van der Waals surface area contributed by atoms with E-state index in [2.05, 4.69) is 12.2 Å². The van der Waals surface area contributed by atoms with Crippen LogP contribution in [0.3, 0.4) is 0 Å². The molecule has 2 nitrogen and oxygen atoms in total. The molecule has 0 saturated heterocycles. The molecule has 3 heteroatoms. The summed E-state index contributed by atoms with van der Waals surface area (Å²) in [7, 11) is 0. The first kappa shape index (κ1) is 11.6. The molecule has 2 rings (SSSR count). The van der Waals surface area contributed by atoms with E-state index in [1.165, 1.54) is 19.3 Å². The lowest BCUT2D eigenvalue weighted by atomic mass is 9.98. The van der Waals surface area contributed by atoms with Gasteiger partial charge in [-0.05, 0) is 36.5 Å². The zero-order valence-corrected chi connectivity index (χ0v) is 10.4. The van der Waals surface area contributed by atoms with E-state index in [9.17, 15) is 0 Å². The third kappa shape index (κ3) is 2.62. The van der Waals surface area contributed by atoms with Crippen LogP contribution in [0, 0.1) is 11.8 Å². The lowest BCUT2D eigenvalue weighted by molar-refractivity contribution is 0.440. The number of hydrogen-bond acceptors (Lipinski definition) is 2. The highest BCUT2D eigenvalue weighted by Gasteiger charge is 2.22. The third-order valence-corrected chi connectivity index (χ3v) is 3.90. The SMILES string of the molecule is CC1CCCC1CNc1ccc(N)cc1Cl. The summed E-state index contributed by atoms with van der Waals surface area (Å²) in [5.41, 5.74) is 7.36. The highest BCUT2D eigenvalue weighted by atomic mass is 35.5. The maximum Gasteiger partial charge on any atom is 0.0657 e. The van der Waals surface area contributed by atoms with Crippen molar-refractivity contribution in [3.63, 3.8) is 0 Å². The standard InChI is InChI=1S/C13H19ClN2/c1-9-3-2-4-10(9)8-16-13-6-5-11(15)7-12(13)14/h5-7,9-10,16H,2-4,8,15H2,1H3. The number of nitrogens with one attached hydrogen (secondary N) is 1. The largest absolute Gasteiger partial charge is 0.399 e. The lowest BCUT2D eigenvalue weighted by Gasteiger charge is -2.17. The fraction of sp³-hybridized carbons (Fsp3) is 0.538. The molecular formula is C13H19ClN2. The number of halogens is 1. The molecule has 0 heterocycles. The summed E-state index contributed by atoms with van der Waals surface area (Å²) < 4.78 is 0. The summed E-state index contributed by atoms with van der Waals surface area (Å²) in [5, 5.41) is 4.14. The lowest BCUT2D eigenvalue weighted by Crippen LogP contribution is -2.16. The van der Waals surface area contributed by atoms with Crippen LogP contribution in [-0.4, -0.2) is 6.54 Å². The molecule has 88 valence electrons. The van der Waals surface area contributed by atoms with Crippen molar-refractivity contribution in [2.75, 3.05) is 17.6 Å². The fourth-order valence-electron chi connectivity index (χ4n) is 2.44. The Bertz CT molecular complexity index is 365. The van der Waals surface area contributed by atoms with E-state index in [0.29, 0.717) is 10.7 Å². The molecule has 0 aromatic heterocycles. The minimum Gasteiger partial charge on any atom is -0.399 e. The number of hydrogen-bond donors (Lipinski definition) is 2. The third-order valence-electron chi connectivity index (χ3n) is 3.59. The van der Waals surface area contributed by atoms with Crippen LogP contribution in [0.15, 0.2) is 18.2 Å². The Hall–Kier alpha value is -0.890. The van der Waals surface area contributed by atoms with Crippen molar-refractivity contribution >= 4 is 23.0 Å². The summed E-state index contributed by atoms with van der Waals surface area (Å²) in [6.07, 6.45) is 4.06. The molecule has 2 atom stereocenters. The topological polar surface area (TPSA) is 38.0 Å². The molecule has 0 bridgehead atoms. The molecule has 1 aromatic carbocycles. The Morgan fingerprint density at radius 3 is 2.88 bits per heavy atom. The second-order valence-corrected chi connectivity index (χ2v) is 5.20. The first-order valence-corrected chi connectivity index (χ1v) is 6.33. The van der Waals surface area contributed by atoms with E-state index in [4.69, 9.17) is 17.3 Å². The Kier molecular flexibility index (Phi) is 3.59. The van der Waals surface area contributed by atoms with Gasteiger partial charge in [-0.1, -0.05) is 31.4 Å². The van der Waals surface area contributed by atoms with Gasteiger partial charge in [0, 0.05) is 12.2 Å². The predicted molar refractivity (Wildman–Crippen MR) is 70.9 cm³/mol. The van der Waals surface area contributed by atoms with Gasteiger partial charge in [-0.25, -0.2) is 0 Å². The summed E-state index contributed by atoms with van der Waals surface area (Å²) in [6.45, 7) is 3.36. The maximum absolute atomic E-state index is 6.11. The van der Waals surface area contributed by atoms with Gasteiger partial charge in [0.25, 0.3) is 0 Å². The fourth-order valence-corrected chi connectivity index (χ4v) is 2.70. The molecule has 1 aliphatic rings. The summed E-state index contributed by atoms with van der Waals surface area (Å²) >= 11 is 6.11. The Morgan fingerprint density at radius 1 is 1.44 bits per heavy atom. The van der Waals surface area contributed by atoms with E-state index in [0.717, 1.165) is 24.1 Å². The van der Waals surface area contributed by atoms with E-state index in [1.807, 2.05) is 12.1 Å². The maximum atomic E-state index is 6.11. The van der Waals surface area contributed by atoms with E-state index >= 15 is 0 Å². The van der Waals surface area contributed by atoms with Crippen LogP contribution in [0.25, 0.3) is 0 Å². The predicted octanol–water partition coefficient (Wildman–Crippen LogP) is 3.77. The van der Waals surface area contributed by atoms with Crippen LogP contribution in [-0.2, 0) is 0 Å². The zero-order chi connectivity index (χ0) is 11.5. The van der Waals surface area contributed by atoms with Gasteiger partial charge in [0.15, 0.2) is 0 Å². The van der Waals surface area contributed by atoms with Crippen molar-refractivity contribution in [2.24, 2.45) is 11.8 Å². The second kappa shape index (κ2) is 4.96. The molecule has 0 spiro atoms.